The maximum atomic E-state index is 12.2. The summed E-state index contributed by atoms with van der Waals surface area (Å²) in [4.78, 5) is 12.2. The Morgan fingerprint density at radius 2 is 2.00 bits per heavy atom. The Morgan fingerprint density at radius 3 is 2.50 bits per heavy atom. The van der Waals surface area contributed by atoms with E-state index in [1.807, 2.05) is 32.1 Å². The van der Waals surface area contributed by atoms with Crippen molar-refractivity contribution < 1.29 is 4.79 Å². The van der Waals surface area contributed by atoms with E-state index >= 15 is 0 Å². The monoisotopic (exact) mass is 280 g/mol. The summed E-state index contributed by atoms with van der Waals surface area (Å²) in [7, 11) is 0. The van der Waals surface area contributed by atoms with E-state index in [4.69, 9.17) is 5.73 Å². The first-order valence-corrected chi connectivity index (χ1v) is 7.81. The molecule has 0 bridgehead atoms. The second-order valence-electron chi connectivity index (χ2n) is 5.85. The molecule has 0 aliphatic heterocycles. The third kappa shape index (κ3) is 8.16. The molecule has 0 spiro atoms. The van der Waals surface area contributed by atoms with Crippen molar-refractivity contribution in [2.75, 3.05) is 0 Å². The second kappa shape index (κ2) is 9.76. The average Bonchev–Trinajstić information content (AvgIpc) is 2.36. The molecule has 116 valence electrons. The van der Waals surface area contributed by atoms with Gasteiger partial charge in [0.05, 0.1) is 0 Å². The summed E-state index contributed by atoms with van der Waals surface area (Å²) in [6.45, 7) is 10.2. The van der Waals surface area contributed by atoms with Crippen LogP contribution in [0.3, 0.4) is 0 Å². The fourth-order valence-electron chi connectivity index (χ4n) is 2.09. The van der Waals surface area contributed by atoms with Gasteiger partial charge >= 0.3 is 0 Å². The number of hydrogen-bond donors (Lipinski definition) is 2. The Kier molecular flexibility index (Phi) is 9.23. The van der Waals surface area contributed by atoms with Crippen LogP contribution >= 0.6 is 0 Å². The predicted octanol–water partition coefficient (Wildman–Crippen LogP) is 3.70. The fourth-order valence-corrected chi connectivity index (χ4v) is 2.09. The quantitative estimate of drug-likeness (QED) is 0.500. The van der Waals surface area contributed by atoms with Gasteiger partial charge in [-0.1, -0.05) is 51.3 Å². The van der Waals surface area contributed by atoms with Gasteiger partial charge in [0, 0.05) is 17.2 Å². The molecule has 0 radical (unpaired) electrons. The highest BCUT2D eigenvalue weighted by atomic mass is 16.1. The Balaban J connectivity index is 4.54. The molecule has 1 amide bonds. The fraction of sp³-hybridized carbons (Fsp3) is 0.706. The van der Waals surface area contributed by atoms with Crippen molar-refractivity contribution in [1.82, 2.24) is 5.32 Å². The highest BCUT2D eigenvalue weighted by molar-refractivity contribution is 5.96. The Hall–Kier alpha value is -1.09. The predicted molar refractivity (Wildman–Crippen MR) is 87.5 cm³/mol. The molecular formula is C17H32N2O. The molecular weight excluding hydrogens is 248 g/mol. The zero-order chi connectivity index (χ0) is 15.6. The van der Waals surface area contributed by atoms with E-state index < -0.39 is 0 Å². The van der Waals surface area contributed by atoms with Crippen LogP contribution in [-0.2, 0) is 4.79 Å². The molecule has 0 aromatic heterocycles. The lowest BCUT2D eigenvalue weighted by atomic mass is 9.96. The molecule has 0 aromatic rings. The lowest BCUT2D eigenvalue weighted by Gasteiger charge is -2.19. The summed E-state index contributed by atoms with van der Waals surface area (Å²) in [5.74, 6) is -0.0142. The van der Waals surface area contributed by atoms with Gasteiger partial charge in [-0.25, -0.2) is 0 Å². The van der Waals surface area contributed by atoms with Crippen LogP contribution in [-0.4, -0.2) is 17.5 Å². The first-order valence-electron chi connectivity index (χ1n) is 7.81. The molecule has 0 heterocycles. The van der Waals surface area contributed by atoms with Crippen molar-refractivity contribution in [2.45, 2.75) is 78.3 Å². The summed E-state index contributed by atoms with van der Waals surface area (Å²) >= 11 is 0. The first-order chi connectivity index (χ1) is 9.36. The summed E-state index contributed by atoms with van der Waals surface area (Å²) in [5, 5.41) is 3.03. The standard InChI is InChI=1S/C17H32N2O/c1-6-9-10-14(4)19-16(20)15(8-3)11-13-17(5,18)12-7-2/h8,11,13-14H,6-7,9-10,12,18H2,1-5H3,(H,19,20)/b13-11-,15-8+. The number of nitrogens with one attached hydrogen (secondary N) is 1. The van der Waals surface area contributed by atoms with Gasteiger partial charge in [0.25, 0.3) is 5.91 Å². The summed E-state index contributed by atoms with van der Waals surface area (Å²) in [5.41, 5.74) is 6.48. The van der Waals surface area contributed by atoms with Crippen LogP contribution in [0.5, 0.6) is 0 Å². The molecule has 0 rings (SSSR count). The van der Waals surface area contributed by atoms with E-state index in [1.54, 1.807) is 0 Å². The van der Waals surface area contributed by atoms with E-state index in [0.717, 1.165) is 32.1 Å². The SMILES string of the molecule is C/C=C(\C=C/C(C)(N)CCC)C(=O)NC(C)CCCC. The number of nitrogens with two attached hydrogens (primary N) is 1. The van der Waals surface area contributed by atoms with E-state index in [-0.39, 0.29) is 17.5 Å². The lowest BCUT2D eigenvalue weighted by Crippen LogP contribution is -2.35. The molecule has 0 saturated heterocycles. The van der Waals surface area contributed by atoms with Crippen LogP contribution in [0, 0.1) is 0 Å². The molecule has 0 fully saturated rings. The van der Waals surface area contributed by atoms with E-state index in [0.29, 0.717) is 5.57 Å². The number of carbonyl (C=O) groups is 1. The number of rotatable bonds is 9. The first kappa shape index (κ1) is 18.9. The molecule has 0 aliphatic rings. The van der Waals surface area contributed by atoms with Crippen molar-refractivity contribution in [3.8, 4) is 0 Å². The van der Waals surface area contributed by atoms with Crippen LogP contribution in [0.25, 0.3) is 0 Å². The van der Waals surface area contributed by atoms with Gasteiger partial charge in [0.15, 0.2) is 0 Å². The van der Waals surface area contributed by atoms with Gasteiger partial charge in [0.1, 0.15) is 0 Å². The van der Waals surface area contributed by atoms with Crippen molar-refractivity contribution >= 4 is 5.91 Å². The smallest absolute Gasteiger partial charge is 0.251 e. The molecule has 0 aliphatic carbocycles. The third-order valence-electron chi connectivity index (χ3n) is 3.37. The molecule has 0 saturated carbocycles. The van der Waals surface area contributed by atoms with Gasteiger partial charge in [-0.2, -0.15) is 0 Å². The van der Waals surface area contributed by atoms with Crippen LogP contribution < -0.4 is 11.1 Å². The molecule has 2 atom stereocenters. The Morgan fingerprint density at radius 1 is 1.35 bits per heavy atom. The summed E-state index contributed by atoms with van der Waals surface area (Å²) in [6.07, 6.45) is 10.9. The molecule has 2 unspecified atom stereocenters. The van der Waals surface area contributed by atoms with E-state index in [2.05, 4.69) is 26.1 Å². The summed E-state index contributed by atoms with van der Waals surface area (Å²) < 4.78 is 0. The maximum absolute atomic E-state index is 12.2. The molecule has 20 heavy (non-hydrogen) atoms. The minimum atomic E-state index is -0.350. The van der Waals surface area contributed by atoms with Crippen LogP contribution in [0.15, 0.2) is 23.8 Å². The van der Waals surface area contributed by atoms with Gasteiger partial charge in [0.2, 0.25) is 0 Å². The van der Waals surface area contributed by atoms with Crippen LogP contribution in [0.2, 0.25) is 0 Å². The maximum Gasteiger partial charge on any atom is 0.251 e. The topological polar surface area (TPSA) is 55.1 Å². The van der Waals surface area contributed by atoms with Crippen molar-refractivity contribution in [3.63, 3.8) is 0 Å². The van der Waals surface area contributed by atoms with Crippen LogP contribution in [0.1, 0.15) is 66.7 Å². The van der Waals surface area contributed by atoms with Crippen molar-refractivity contribution in [1.29, 1.82) is 0 Å². The van der Waals surface area contributed by atoms with Gasteiger partial charge in [-0.05, 0) is 33.6 Å². The highest BCUT2D eigenvalue weighted by Gasteiger charge is 2.14. The Labute approximate surface area is 124 Å². The third-order valence-corrected chi connectivity index (χ3v) is 3.37. The zero-order valence-corrected chi connectivity index (χ0v) is 13.8. The Bertz CT molecular complexity index is 343. The normalized spacial score (nSPS) is 17.0. The minimum Gasteiger partial charge on any atom is -0.350 e. The lowest BCUT2D eigenvalue weighted by molar-refractivity contribution is -0.117. The van der Waals surface area contributed by atoms with Gasteiger partial charge in [-0.15, -0.1) is 0 Å². The molecule has 3 heteroatoms. The highest BCUT2D eigenvalue weighted by Crippen LogP contribution is 2.12. The molecule has 3 nitrogen and oxygen atoms in total. The van der Waals surface area contributed by atoms with E-state index in [1.165, 1.54) is 0 Å². The van der Waals surface area contributed by atoms with Gasteiger partial charge in [-0.3, -0.25) is 4.79 Å². The van der Waals surface area contributed by atoms with Gasteiger partial charge < -0.3 is 11.1 Å². The number of unbranched alkanes of at least 4 members (excludes halogenated alkanes) is 1. The zero-order valence-electron chi connectivity index (χ0n) is 13.8. The number of carbonyl (C=O) groups excluding carboxylic acids is 1. The molecule has 0 aromatic carbocycles. The minimum absolute atomic E-state index is 0.0142. The molecule has 3 N–H and O–H groups in total. The average molecular weight is 280 g/mol. The number of amides is 1. The second-order valence-corrected chi connectivity index (χ2v) is 5.85. The van der Waals surface area contributed by atoms with Crippen molar-refractivity contribution in [3.05, 3.63) is 23.8 Å². The largest absolute Gasteiger partial charge is 0.350 e. The van der Waals surface area contributed by atoms with Crippen LogP contribution in [0.4, 0.5) is 0 Å². The van der Waals surface area contributed by atoms with Crippen molar-refractivity contribution in [2.24, 2.45) is 5.73 Å². The van der Waals surface area contributed by atoms with E-state index in [9.17, 15) is 4.79 Å². The number of hydrogen-bond acceptors (Lipinski definition) is 2. The number of allylic oxidation sites excluding steroid dienone is 1. The summed E-state index contributed by atoms with van der Waals surface area (Å²) in [6, 6.07) is 0.214.